The zero-order chi connectivity index (χ0) is 45.9. The fourth-order valence-corrected chi connectivity index (χ4v) is 5.98. The minimum absolute atomic E-state index is 0.000558. The number of aliphatic carboxylic acids is 1. The Balaban J connectivity index is 3.13. The molecule has 0 aliphatic rings. The summed E-state index contributed by atoms with van der Waals surface area (Å²) in [5, 5.41) is 36.9. The standard InChI is InChI=1S/C39H63N9O11S/c1-19(2)30(47-33(52)22(6)43-36(55)29(41)23(7)49)37(56)45-25(14-15-28(40)50)35(54)44-26(16-17-60-8)34(53)42-21(5)32(51)48-31(20(3)4)38(57)46-27(39(58)59)18-24-12-10-9-11-13-24/h9-13,19-23,25-27,29-31,49H,14-18,41H2,1-8H3,(H2,40,50)(H,42,53)(H,43,55)(H,44,54)(H,45,56)(H,46,57)(H,47,52)(H,48,51)(H,58,59)/t21-,22-,23+,25-,26-,27-,29-,30-,31-/m0/s1. The van der Waals surface area contributed by atoms with Crippen LogP contribution in [0.3, 0.4) is 0 Å². The molecule has 0 saturated heterocycles. The molecule has 0 unspecified atom stereocenters. The van der Waals surface area contributed by atoms with Crippen LogP contribution in [-0.2, 0) is 49.6 Å². The van der Waals surface area contributed by atoms with Gasteiger partial charge in [-0.2, -0.15) is 11.8 Å². The van der Waals surface area contributed by atoms with Gasteiger partial charge in [-0.05, 0) is 63.0 Å². The van der Waals surface area contributed by atoms with Crippen molar-refractivity contribution in [3.8, 4) is 0 Å². The molecule has 336 valence electrons. The second-order valence-corrected chi connectivity index (χ2v) is 16.2. The van der Waals surface area contributed by atoms with Crippen molar-refractivity contribution in [1.82, 2.24) is 37.2 Å². The number of benzene rings is 1. The van der Waals surface area contributed by atoms with Gasteiger partial charge in [-0.25, -0.2) is 4.79 Å². The Hall–Kier alpha value is -5.28. The van der Waals surface area contributed by atoms with Crippen LogP contribution in [0.25, 0.3) is 0 Å². The number of amides is 8. The highest BCUT2D eigenvalue weighted by atomic mass is 32.2. The fourth-order valence-electron chi connectivity index (χ4n) is 5.51. The molecule has 8 amide bonds. The van der Waals surface area contributed by atoms with Gasteiger partial charge < -0.3 is 58.9 Å². The van der Waals surface area contributed by atoms with Crippen molar-refractivity contribution in [3.05, 3.63) is 35.9 Å². The lowest BCUT2D eigenvalue weighted by Crippen LogP contribution is -2.60. The van der Waals surface area contributed by atoms with Crippen molar-refractivity contribution >= 4 is 65.0 Å². The molecule has 0 radical (unpaired) electrons. The molecule has 0 spiro atoms. The van der Waals surface area contributed by atoms with E-state index >= 15 is 0 Å². The Morgan fingerprint density at radius 2 is 1.03 bits per heavy atom. The largest absolute Gasteiger partial charge is 0.480 e. The first kappa shape index (κ1) is 52.7. The molecule has 0 bridgehead atoms. The molecule has 0 saturated carbocycles. The van der Waals surface area contributed by atoms with E-state index in [1.807, 2.05) is 0 Å². The second-order valence-electron chi connectivity index (χ2n) is 15.2. The van der Waals surface area contributed by atoms with Crippen LogP contribution in [0.1, 0.15) is 73.3 Å². The van der Waals surface area contributed by atoms with Crippen LogP contribution in [0, 0.1) is 11.8 Å². The molecule has 0 aliphatic carbocycles. The number of hydrogen-bond donors (Lipinski definition) is 11. The summed E-state index contributed by atoms with van der Waals surface area (Å²) in [5.74, 6) is -8.27. The van der Waals surface area contributed by atoms with E-state index in [9.17, 15) is 53.4 Å². The Morgan fingerprint density at radius 3 is 1.47 bits per heavy atom. The first-order valence-corrected chi connectivity index (χ1v) is 21.0. The summed E-state index contributed by atoms with van der Waals surface area (Å²) >= 11 is 1.36. The van der Waals surface area contributed by atoms with E-state index in [1.54, 1.807) is 64.3 Å². The van der Waals surface area contributed by atoms with Crippen molar-refractivity contribution < 1.29 is 53.4 Å². The third-order valence-corrected chi connectivity index (χ3v) is 9.92. The van der Waals surface area contributed by atoms with Crippen LogP contribution in [0.5, 0.6) is 0 Å². The highest BCUT2D eigenvalue weighted by molar-refractivity contribution is 7.98. The van der Waals surface area contributed by atoms with Gasteiger partial charge in [0.2, 0.25) is 47.3 Å². The average molecular weight is 866 g/mol. The summed E-state index contributed by atoms with van der Waals surface area (Å²) in [6.07, 6.45) is 0.0289. The molecule has 20 nitrogen and oxygen atoms in total. The van der Waals surface area contributed by atoms with Crippen molar-refractivity contribution in [2.24, 2.45) is 23.3 Å². The van der Waals surface area contributed by atoms with Gasteiger partial charge in [0.15, 0.2) is 0 Å². The molecule has 0 aromatic heterocycles. The number of primary amides is 1. The van der Waals surface area contributed by atoms with Crippen LogP contribution < -0.4 is 48.7 Å². The van der Waals surface area contributed by atoms with Gasteiger partial charge >= 0.3 is 5.97 Å². The van der Waals surface area contributed by atoms with Gasteiger partial charge in [0.25, 0.3) is 0 Å². The number of carbonyl (C=O) groups excluding carboxylic acids is 8. The number of nitrogens with one attached hydrogen (secondary N) is 7. The highest BCUT2D eigenvalue weighted by Gasteiger charge is 2.34. The summed E-state index contributed by atoms with van der Waals surface area (Å²) in [5.41, 5.74) is 11.6. The van der Waals surface area contributed by atoms with E-state index in [1.165, 1.54) is 32.5 Å². The molecule has 0 heterocycles. The minimum atomic E-state index is -1.42. The maximum absolute atomic E-state index is 13.7. The fraction of sp³-hybridized carbons (Fsp3) is 0.615. The van der Waals surface area contributed by atoms with Gasteiger partial charge in [0.1, 0.15) is 48.3 Å². The number of carboxylic acid groups (broad SMARTS) is 1. The van der Waals surface area contributed by atoms with E-state index in [2.05, 4.69) is 37.2 Å². The Labute approximate surface area is 354 Å². The second kappa shape index (κ2) is 26.0. The Kier molecular flexibility index (Phi) is 22.9. The third-order valence-electron chi connectivity index (χ3n) is 9.27. The number of aliphatic hydroxyl groups is 1. The predicted molar refractivity (Wildman–Crippen MR) is 223 cm³/mol. The highest BCUT2D eigenvalue weighted by Crippen LogP contribution is 2.10. The molecule has 0 aliphatic heterocycles. The van der Waals surface area contributed by atoms with Gasteiger partial charge in [0, 0.05) is 12.8 Å². The van der Waals surface area contributed by atoms with Gasteiger partial charge in [0.05, 0.1) is 6.10 Å². The lowest BCUT2D eigenvalue weighted by Gasteiger charge is -2.28. The molecular weight excluding hydrogens is 803 g/mol. The lowest BCUT2D eigenvalue weighted by atomic mass is 10.0. The first-order chi connectivity index (χ1) is 28.0. The summed E-state index contributed by atoms with van der Waals surface area (Å²) < 4.78 is 0. The monoisotopic (exact) mass is 865 g/mol. The number of hydrogen-bond acceptors (Lipinski definition) is 12. The molecule has 0 fully saturated rings. The molecule has 60 heavy (non-hydrogen) atoms. The Morgan fingerprint density at radius 1 is 0.600 bits per heavy atom. The van der Waals surface area contributed by atoms with Crippen molar-refractivity contribution in [2.75, 3.05) is 12.0 Å². The quantitative estimate of drug-likeness (QED) is 0.0471. The molecular formula is C39H63N9O11S. The molecule has 9 atom stereocenters. The van der Waals surface area contributed by atoms with Crippen molar-refractivity contribution in [3.63, 3.8) is 0 Å². The van der Waals surface area contributed by atoms with Crippen LogP contribution in [-0.4, -0.2) is 130 Å². The first-order valence-electron chi connectivity index (χ1n) is 19.6. The summed E-state index contributed by atoms with van der Waals surface area (Å²) in [4.78, 5) is 116. The molecule has 1 aromatic carbocycles. The minimum Gasteiger partial charge on any atom is -0.480 e. The Bertz CT molecular complexity index is 1650. The van der Waals surface area contributed by atoms with Crippen LogP contribution in [0.4, 0.5) is 0 Å². The maximum atomic E-state index is 13.7. The van der Waals surface area contributed by atoms with E-state index in [0.29, 0.717) is 11.3 Å². The zero-order valence-electron chi connectivity index (χ0n) is 35.4. The topological polar surface area (TPSA) is 330 Å². The van der Waals surface area contributed by atoms with E-state index in [0.717, 1.165) is 0 Å². The van der Waals surface area contributed by atoms with Gasteiger partial charge in [-0.15, -0.1) is 0 Å². The zero-order valence-corrected chi connectivity index (χ0v) is 36.2. The molecule has 1 aromatic rings. The number of carboxylic acids is 1. The van der Waals surface area contributed by atoms with E-state index in [-0.39, 0.29) is 25.7 Å². The third kappa shape index (κ3) is 18.3. The lowest BCUT2D eigenvalue weighted by molar-refractivity contribution is -0.142. The van der Waals surface area contributed by atoms with Gasteiger partial charge in [-0.3, -0.25) is 38.4 Å². The number of aliphatic hydroxyl groups excluding tert-OH is 1. The number of nitrogens with two attached hydrogens (primary N) is 2. The van der Waals surface area contributed by atoms with Crippen LogP contribution in [0.2, 0.25) is 0 Å². The number of thioether (sulfide) groups is 1. The molecule has 13 N–H and O–H groups in total. The van der Waals surface area contributed by atoms with E-state index in [4.69, 9.17) is 11.5 Å². The van der Waals surface area contributed by atoms with Crippen LogP contribution >= 0.6 is 11.8 Å². The summed E-state index contributed by atoms with van der Waals surface area (Å²) in [6, 6.07) is -1.40. The smallest absolute Gasteiger partial charge is 0.326 e. The normalized spacial score (nSPS) is 15.7. The SMILES string of the molecule is CSCC[C@H](NC(=O)[C@H](CCC(N)=O)NC(=O)[C@@H](NC(=O)[C@H](C)NC(=O)[C@@H](N)[C@@H](C)O)C(C)C)C(=O)N[C@@H](C)C(=O)N[C@H](C(=O)N[C@@H](Cc1ccccc1)C(=O)O)C(C)C. The molecule has 21 heteroatoms. The number of rotatable bonds is 26. The molecule has 1 rings (SSSR count). The summed E-state index contributed by atoms with van der Waals surface area (Å²) in [7, 11) is 0. The number of carbonyl (C=O) groups is 9. The van der Waals surface area contributed by atoms with Crippen molar-refractivity contribution in [1.29, 1.82) is 0 Å². The predicted octanol–water partition coefficient (Wildman–Crippen LogP) is -2.21. The van der Waals surface area contributed by atoms with Gasteiger partial charge in [-0.1, -0.05) is 58.0 Å². The van der Waals surface area contributed by atoms with Crippen LogP contribution in [0.15, 0.2) is 30.3 Å². The maximum Gasteiger partial charge on any atom is 0.326 e. The van der Waals surface area contributed by atoms with Crippen molar-refractivity contribution in [2.45, 2.75) is 129 Å². The summed E-state index contributed by atoms with van der Waals surface area (Å²) in [6.45, 7) is 10.5. The van der Waals surface area contributed by atoms with E-state index < -0.39 is 120 Å². The average Bonchev–Trinajstić information content (AvgIpc) is 3.17.